The molecule has 0 aliphatic heterocycles. The van der Waals surface area contributed by atoms with Crippen molar-refractivity contribution >= 4 is 15.9 Å². The fourth-order valence-corrected chi connectivity index (χ4v) is 4.38. The van der Waals surface area contributed by atoms with Gasteiger partial charge in [0.05, 0.1) is 25.6 Å². The average Bonchev–Trinajstić information content (AvgIpc) is 3.26. The number of imidazole rings is 1. The largest absolute Gasteiger partial charge is 0.481 e. The number of rotatable bonds is 10. The van der Waals surface area contributed by atoms with Gasteiger partial charge in [0.25, 0.3) is 15.9 Å². The van der Waals surface area contributed by atoms with Crippen LogP contribution < -0.4 is 10.1 Å². The first-order valence-corrected chi connectivity index (χ1v) is 11.6. The monoisotopic (exact) mass is 473 g/mol. The van der Waals surface area contributed by atoms with Crippen LogP contribution in [-0.2, 0) is 23.5 Å². The number of aryl methyl sites for hydroxylation is 1. The summed E-state index contributed by atoms with van der Waals surface area (Å²) < 4.78 is 33.2. The molecule has 33 heavy (non-hydrogen) atoms. The molecule has 2 atom stereocenters. The Morgan fingerprint density at radius 2 is 1.97 bits per heavy atom. The summed E-state index contributed by atoms with van der Waals surface area (Å²) in [6.45, 7) is -0.240. The number of aliphatic hydroxyl groups excluding tert-OH is 1. The Morgan fingerprint density at radius 1 is 1.24 bits per heavy atom. The van der Waals surface area contributed by atoms with E-state index in [0.29, 0.717) is 12.0 Å². The Bertz CT molecular complexity index is 1180. The lowest BCUT2D eigenvalue weighted by molar-refractivity contribution is 0.0797. The fraction of sp³-hybridized carbons (Fsp3) is 0.318. The van der Waals surface area contributed by atoms with E-state index in [4.69, 9.17) is 4.74 Å². The van der Waals surface area contributed by atoms with Gasteiger partial charge in [0.2, 0.25) is 5.88 Å². The summed E-state index contributed by atoms with van der Waals surface area (Å²) in [7, 11) is 0.573. The molecule has 2 aromatic heterocycles. The molecule has 3 rings (SSSR count). The van der Waals surface area contributed by atoms with Gasteiger partial charge in [-0.3, -0.25) is 4.79 Å². The maximum absolute atomic E-state index is 12.9. The van der Waals surface area contributed by atoms with Crippen molar-refractivity contribution in [2.45, 2.75) is 23.6 Å². The molecule has 0 bridgehead atoms. The van der Waals surface area contributed by atoms with E-state index >= 15 is 0 Å². The van der Waals surface area contributed by atoms with Gasteiger partial charge in [-0.15, -0.1) is 0 Å². The molecule has 3 aromatic rings. The molecule has 1 aromatic carbocycles. The van der Waals surface area contributed by atoms with E-state index in [1.54, 1.807) is 7.05 Å². The Balaban J connectivity index is 1.79. The van der Waals surface area contributed by atoms with Crippen molar-refractivity contribution in [1.29, 1.82) is 0 Å². The summed E-state index contributed by atoms with van der Waals surface area (Å²) in [5.41, 5.74) is 1.19. The van der Waals surface area contributed by atoms with Crippen molar-refractivity contribution in [2.24, 2.45) is 7.05 Å². The number of nitrogens with one attached hydrogen (secondary N) is 1. The highest BCUT2D eigenvalue weighted by Gasteiger charge is 2.30. The number of hydrogen-bond acceptors (Lipinski definition) is 7. The van der Waals surface area contributed by atoms with E-state index in [1.807, 2.05) is 30.3 Å². The highest BCUT2D eigenvalue weighted by atomic mass is 32.2. The van der Waals surface area contributed by atoms with Gasteiger partial charge in [0.1, 0.15) is 0 Å². The standard InChI is InChI=1S/C22H27N5O5S/c1-26-14-21(24-15-26)33(30,31)27(2)13-19(28)18(11-16-7-5-4-6-8-16)25-22(29)17-9-10-23-20(12-17)32-3/h4-10,12,14-15,18-19,28H,11,13H2,1-3H3,(H,25,29). The zero-order chi connectivity index (χ0) is 24.0. The summed E-state index contributed by atoms with van der Waals surface area (Å²) in [6.07, 6.45) is 3.33. The van der Waals surface area contributed by atoms with Gasteiger partial charge in [-0.05, 0) is 18.1 Å². The van der Waals surface area contributed by atoms with E-state index in [9.17, 15) is 18.3 Å². The van der Waals surface area contributed by atoms with Crippen LogP contribution in [0.5, 0.6) is 5.88 Å². The second-order valence-electron chi connectivity index (χ2n) is 7.59. The molecule has 10 nitrogen and oxygen atoms in total. The number of likely N-dealkylation sites (N-methyl/N-ethyl adjacent to an activating group) is 1. The van der Waals surface area contributed by atoms with Crippen molar-refractivity contribution in [1.82, 2.24) is 24.2 Å². The number of carbonyl (C=O) groups excluding carboxylic acids is 1. The first-order chi connectivity index (χ1) is 15.7. The molecule has 11 heteroatoms. The van der Waals surface area contributed by atoms with Gasteiger partial charge in [-0.2, -0.15) is 4.31 Å². The summed E-state index contributed by atoms with van der Waals surface area (Å²) >= 11 is 0. The number of benzene rings is 1. The van der Waals surface area contributed by atoms with Crippen LogP contribution in [0.1, 0.15) is 15.9 Å². The van der Waals surface area contributed by atoms with Crippen LogP contribution in [0.4, 0.5) is 0 Å². The third-order valence-electron chi connectivity index (χ3n) is 5.09. The molecule has 0 aliphatic rings. The minimum atomic E-state index is -3.91. The lowest BCUT2D eigenvalue weighted by atomic mass is 10.0. The number of pyridine rings is 1. The van der Waals surface area contributed by atoms with Gasteiger partial charge >= 0.3 is 0 Å². The van der Waals surface area contributed by atoms with Crippen LogP contribution in [0.15, 0.2) is 66.2 Å². The molecule has 176 valence electrons. The number of aromatic nitrogens is 3. The summed E-state index contributed by atoms with van der Waals surface area (Å²) in [5, 5.41) is 13.7. The molecule has 2 N–H and O–H groups in total. The Hall–Kier alpha value is -3.28. The second-order valence-corrected chi connectivity index (χ2v) is 9.58. The van der Waals surface area contributed by atoms with E-state index in [2.05, 4.69) is 15.3 Å². The first kappa shape index (κ1) is 24.4. The van der Waals surface area contributed by atoms with Crippen molar-refractivity contribution in [3.8, 4) is 5.88 Å². The summed E-state index contributed by atoms with van der Waals surface area (Å²) in [4.78, 5) is 20.8. The Kier molecular flexibility index (Phi) is 7.79. The average molecular weight is 474 g/mol. The normalized spacial score (nSPS) is 13.5. The molecule has 0 radical (unpaired) electrons. The van der Waals surface area contributed by atoms with Crippen LogP contribution in [0, 0.1) is 0 Å². The molecule has 2 heterocycles. The van der Waals surface area contributed by atoms with E-state index < -0.39 is 28.1 Å². The molecule has 0 saturated heterocycles. The van der Waals surface area contributed by atoms with Gasteiger partial charge in [0, 0.05) is 44.7 Å². The number of nitrogens with zero attached hydrogens (tertiary/aromatic N) is 4. The molecular formula is C22H27N5O5S. The number of hydrogen-bond donors (Lipinski definition) is 2. The van der Waals surface area contributed by atoms with Crippen LogP contribution in [0.25, 0.3) is 0 Å². The van der Waals surface area contributed by atoms with Crippen LogP contribution in [-0.4, -0.2) is 71.1 Å². The summed E-state index contributed by atoms with van der Waals surface area (Å²) in [5.74, 6) is -0.157. The van der Waals surface area contributed by atoms with Gasteiger partial charge < -0.3 is 19.7 Å². The molecule has 1 amide bonds. The topological polar surface area (TPSA) is 127 Å². The number of sulfonamides is 1. The maximum Gasteiger partial charge on any atom is 0.261 e. The second kappa shape index (κ2) is 10.6. The predicted molar refractivity (Wildman–Crippen MR) is 121 cm³/mol. The van der Waals surface area contributed by atoms with E-state index in [0.717, 1.165) is 9.87 Å². The van der Waals surface area contributed by atoms with Crippen LogP contribution in [0.2, 0.25) is 0 Å². The van der Waals surface area contributed by atoms with Gasteiger partial charge in [0.15, 0.2) is 5.03 Å². The Labute approximate surface area is 192 Å². The van der Waals surface area contributed by atoms with Crippen molar-refractivity contribution < 1.29 is 23.1 Å². The highest BCUT2D eigenvalue weighted by molar-refractivity contribution is 7.89. The van der Waals surface area contributed by atoms with Crippen LogP contribution in [0.3, 0.4) is 0 Å². The smallest absolute Gasteiger partial charge is 0.261 e. The number of amides is 1. The zero-order valence-electron chi connectivity index (χ0n) is 18.6. The SMILES string of the molecule is COc1cc(C(=O)NC(Cc2ccccc2)C(O)CN(C)S(=O)(=O)c2cn(C)cn2)ccn1. The van der Waals surface area contributed by atoms with Gasteiger partial charge in [-0.25, -0.2) is 18.4 Å². The third-order valence-corrected chi connectivity index (χ3v) is 6.79. The van der Waals surface area contributed by atoms with Crippen molar-refractivity contribution in [3.05, 3.63) is 72.3 Å². The van der Waals surface area contributed by atoms with Crippen molar-refractivity contribution in [3.63, 3.8) is 0 Å². The molecule has 0 fully saturated rings. The number of methoxy groups -OCH3 is 1. The highest BCUT2D eigenvalue weighted by Crippen LogP contribution is 2.15. The lowest BCUT2D eigenvalue weighted by Gasteiger charge is -2.27. The number of aliphatic hydroxyl groups is 1. The number of carbonyl (C=O) groups is 1. The molecule has 2 unspecified atom stereocenters. The molecule has 0 saturated carbocycles. The van der Waals surface area contributed by atoms with Crippen molar-refractivity contribution in [2.75, 3.05) is 20.7 Å². The van der Waals surface area contributed by atoms with E-state index in [1.165, 1.54) is 49.6 Å². The van der Waals surface area contributed by atoms with Crippen LogP contribution >= 0.6 is 0 Å². The quantitative estimate of drug-likeness (QED) is 0.447. The molecule has 0 spiro atoms. The number of ether oxygens (including phenoxy) is 1. The Morgan fingerprint density at radius 3 is 2.61 bits per heavy atom. The molecular weight excluding hydrogens is 446 g/mol. The third kappa shape index (κ3) is 6.15. The fourth-order valence-electron chi connectivity index (χ4n) is 3.24. The molecule has 0 aliphatic carbocycles. The van der Waals surface area contributed by atoms with E-state index in [-0.39, 0.29) is 17.5 Å². The minimum absolute atomic E-state index is 0.118. The lowest BCUT2D eigenvalue weighted by Crippen LogP contribution is -2.49. The summed E-state index contributed by atoms with van der Waals surface area (Å²) in [6, 6.07) is 11.6. The first-order valence-electron chi connectivity index (χ1n) is 10.2. The van der Waals surface area contributed by atoms with Gasteiger partial charge in [-0.1, -0.05) is 30.3 Å². The minimum Gasteiger partial charge on any atom is -0.481 e. The predicted octanol–water partition coefficient (Wildman–Crippen LogP) is 0.846. The zero-order valence-corrected chi connectivity index (χ0v) is 19.4. The maximum atomic E-state index is 12.9.